The zero-order chi connectivity index (χ0) is 14.7. The maximum Gasteiger partial charge on any atom is 0.280 e. The molecule has 10 nitrogen and oxygen atoms in total. The Morgan fingerprint density at radius 2 is 2.05 bits per heavy atom. The van der Waals surface area contributed by atoms with Crippen LogP contribution in [0.4, 0.5) is 5.95 Å². The number of H-pyrrole nitrogens is 1. The third-order valence-electron chi connectivity index (χ3n) is 2.67. The molecule has 0 spiro atoms. The minimum Gasteiger partial charge on any atom is -0.394 e. The molecule has 2 rings (SSSR count). The quantitative estimate of drug-likeness (QED) is 0.391. The van der Waals surface area contributed by atoms with Crippen LogP contribution in [0.3, 0.4) is 0 Å². The number of imidazole rings is 1. The van der Waals surface area contributed by atoms with Gasteiger partial charge in [0.05, 0.1) is 26.1 Å². The molecule has 0 fully saturated rings. The average molecular weight is 285 g/mol. The topological polar surface area (TPSA) is 160 Å². The van der Waals surface area contributed by atoms with Crippen LogP contribution in [-0.2, 0) is 4.74 Å². The first-order valence-electron chi connectivity index (χ1n) is 5.81. The van der Waals surface area contributed by atoms with Crippen LogP contribution < -0.4 is 11.3 Å². The summed E-state index contributed by atoms with van der Waals surface area (Å²) in [6.07, 6.45) is -0.569. The van der Waals surface area contributed by atoms with Crippen LogP contribution in [-0.4, -0.2) is 60.8 Å². The molecule has 10 heteroatoms. The largest absolute Gasteiger partial charge is 0.394 e. The van der Waals surface area contributed by atoms with Gasteiger partial charge in [-0.05, 0) is 0 Å². The molecule has 6 N–H and O–H groups in total. The maximum atomic E-state index is 11.6. The van der Waals surface area contributed by atoms with Gasteiger partial charge in [0, 0.05) is 0 Å². The van der Waals surface area contributed by atoms with E-state index in [-0.39, 0.29) is 17.1 Å². The smallest absolute Gasteiger partial charge is 0.280 e. The standard InChI is InChI=1S/C10H15N5O5/c11-10-13-8-7(9(19)14-10)12-4-15(8)6(3-18)20-5(1-16)2-17/h4-6,16-18H,1-3H2,(H3,11,13,14,19)/t6-/m1/s1. The van der Waals surface area contributed by atoms with Crippen molar-refractivity contribution in [3.63, 3.8) is 0 Å². The summed E-state index contributed by atoms with van der Waals surface area (Å²) in [5.41, 5.74) is 5.13. The van der Waals surface area contributed by atoms with Gasteiger partial charge in [-0.15, -0.1) is 0 Å². The number of nitrogens with two attached hydrogens (primary N) is 1. The average Bonchev–Trinajstić information content (AvgIpc) is 2.84. The van der Waals surface area contributed by atoms with Crippen LogP contribution in [0.15, 0.2) is 11.1 Å². The normalized spacial score (nSPS) is 13.2. The Morgan fingerprint density at radius 1 is 1.35 bits per heavy atom. The highest BCUT2D eigenvalue weighted by molar-refractivity contribution is 5.70. The molecule has 0 unspecified atom stereocenters. The van der Waals surface area contributed by atoms with Crippen molar-refractivity contribution < 1.29 is 20.1 Å². The Kier molecular flexibility index (Phi) is 4.29. The summed E-state index contributed by atoms with van der Waals surface area (Å²) in [5, 5.41) is 27.3. The molecular formula is C10H15N5O5. The molecule has 0 bridgehead atoms. The van der Waals surface area contributed by atoms with E-state index in [1.54, 1.807) is 0 Å². The number of hydrogen-bond donors (Lipinski definition) is 5. The lowest BCUT2D eigenvalue weighted by atomic mass is 10.4. The number of aliphatic hydroxyl groups excluding tert-OH is 3. The van der Waals surface area contributed by atoms with Crippen LogP contribution in [0.25, 0.3) is 11.2 Å². The summed E-state index contributed by atoms with van der Waals surface area (Å²) >= 11 is 0. The van der Waals surface area contributed by atoms with E-state index in [1.165, 1.54) is 10.9 Å². The lowest BCUT2D eigenvalue weighted by Crippen LogP contribution is -2.29. The summed E-state index contributed by atoms with van der Waals surface area (Å²) < 4.78 is 6.62. The van der Waals surface area contributed by atoms with E-state index in [4.69, 9.17) is 20.7 Å². The van der Waals surface area contributed by atoms with Crippen molar-refractivity contribution in [3.05, 3.63) is 16.7 Å². The van der Waals surface area contributed by atoms with Gasteiger partial charge in [0.15, 0.2) is 17.4 Å². The van der Waals surface area contributed by atoms with Gasteiger partial charge in [0.25, 0.3) is 5.56 Å². The molecule has 0 saturated carbocycles. The Morgan fingerprint density at radius 3 is 2.65 bits per heavy atom. The summed E-state index contributed by atoms with van der Waals surface area (Å²) in [7, 11) is 0. The van der Waals surface area contributed by atoms with Crippen LogP contribution in [0.1, 0.15) is 6.23 Å². The third-order valence-corrected chi connectivity index (χ3v) is 2.67. The van der Waals surface area contributed by atoms with Crippen LogP contribution in [0.5, 0.6) is 0 Å². The van der Waals surface area contributed by atoms with Crippen LogP contribution >= 0.6 is 0 Å². The Bertz CT molecular complexity index is 634. The summed E-state index contributed by atoms with van der Waals surface area (Å²) in [6, 6.07) is 0. The number of aliphatic hydroxyl groups is 3. The van der Waals surface area contributed by atoms with E-state index >= 15 is 0 Å². The van der Waals surface area contributed by atoms with E-state index in [0.717, 1.165) is 0 Å². The minimum atomic E-state index is -0.960. The fourth-order valence-electron chi connectivity index (χ4n) is 1.72. The van der Waals surface area contributed by atoms with Gasteiger partial charge in [-0.25, -0.2) is 4.98 Å². The van der Waals surface area contributed by atoms with Crippen molar-refractivity contribution in [2.45, 2.75) is 12.3 Å². The van der Waals surface area contributed by atoms with Crippen LogP contribution in [0.2, 0.25) is 0 Å². The number of nitrogen functional groups attached to an aromatic ring is 1. The van der Waals surface area contributed by atoms with Crippen LogP contribution in [0, 0.1) is 0 Å². The number of aromatic nitrogens is 4. The first-order valence-corrected chi connectivity index (χ1v) is 5.81. The predicted octanol–water partition coefficient (Wildman–Crippen LogP) is -2.44. The molecule has 0 amide bonds. The van der Waals surface area contributed by atoms with Gasteiger partial charge in [0.2, 0.25) is 5.95 Å². The fourth-order valence-corrected chi connectivity index (χ4v) is 1.72. The van der Waals surface area contributed by atoms with Gasteiger partial charge >= 0.3 is 0 Å². The maximum absolute atomic E-state index is 11.6. The molecule has 2 aromatic rings. The molecule has 2 aromatic heterocycles. The molecule has 0 aromatic carbocycles. The molecule has 0 saturated heterocycles. The molecule has 0 aliphatic heterocycles. The van der Waals surface area contributed by atoms with E-state index < -0.39 is 37.7 Å². The van der Waals surface area contributed by atoms with Crippen molar-refractivity contribution in [1.82, 2.24) is 19.5 Å². The minimum absolute atomic E-state index is 0.0470. The fraction of sp³-hybridized carbons (Fsp3) is 0.500. The second-order valence-electron chi connectivity index (χ2n) is 4.04. The number of rotatable bonds is 6. The monoisotopic (exact) mass is 285 g/mol. The molecule has 1 atom stereocenters. The van der Waals surface area contributed by atoms with Gasteiger partial charge < -0.3 is 25.8 Å². The van der Waals surface area contributed by atoms with Crippen molar-refractivity contribution >= 4 is 17.1 Å². The summed E-state index contributed by atoms with van der Waals surface area (Å²) in [5.74, 6) is -0.0955. The number of hydrogen-bond acceptors (Lipinski definition) is 8. The molecule has 0 radical (unpaired) electrons. The first-order chi connectivity index (χ1) is 9.60. The molecule has 2 heterocycles. The van der Waals surface area contributed by atoms with E-state index in [2.05, 4.69) is 15.0 Å². The third kappa shape index (κ3) is 2.63. The van der Waals surface area contributed by atoms with Gasteiger partial charge in [0.1, 0.15) is 6.10 Å². The van der Waals surface area contributed by atoms with Crippen molar-refractivity contribution in [1.29, 1.82) is 0 Å². The number of nitrogens with one attached hydrogen (secondary N) is 1. The number of aromatic amines is 1. The van der Waals surface area contributed by atoms with Gasteiger partial charge in [-0.1, -0.05) is 0 Å². The zero-order valence-electron chi connectivity index (χ0n) is 10.4. The highest BCUT2D eigenvalue weighted by atomic mass is 16.5. The number of nitrogens with zero attached hydrogens (tertiary/aromatic N) is 3. The Hall–Kier alpha value is -2.01. The number of fused-ring (bicyclic) bond motifs is 1. The molecule has 110 valence electrons. The second kappa shape index (κ2) is 5.96. The summed E-state index contributed by atoms with van der Waals surface area (Å²) in [6.45, 7) is -1.30. The molecule has 0 aliphatic carbocycles. The SMILES string of the molecule is Nc1nc2c(ncn2[C@@H](CO)OC(CO)CO)c(=O)[nH]1. The number of anilines is 1. The molecular weight excluding hydrogens is 270 g/mol. The van der Waals surface area contributed by atoms with Gasteiger partial charge in [-0.3, -0.25) is 14.3 Å². The van der Waals surface area contributed by atoms with E-state index in [9.17, 15) is 9.90 Å². The molecule has 0 aliphatic rings. The van der Waals surface area contributed by atoms with Crippen molar-refractivity contribution in [3.8, 4) is 0 Å². The van der Waals surface area contributed by atoms with Crippen molar-refractivity contribution in [2.24, 2.45) is 0 Å². The molecule has 20 heavy (non-hydrogen) atoms. The second-order valence-corrected chi connectivity index (χ2v) is 4.04. The Balaban J connectivity index is 2.42. The highest BCUT2D eigenvalue weighted by Gasteiger charge is 2.20. The number of ether oxygens (including phenoxy) is 1. The van der Waals surface area contributed by atoms with Gasteiger partial charge in [-0.2, -0.15) is 4.98 Å². The predicted molar refractivity (Wildman–Crippen MR) is 67.7 cm³/mol. The Labute approximate surface area is 112 Å². The lowest BCUT2D eigenvalue weighted by molar-refractivity contribution is -0.110. The van der Waals surface area contributed by atoms with E-state index in [1.807, 2.05) is 0 Å². The highest BCUT2D eigenvalue weighted by Crippen LogP contribution is 2.16. The zero-order valence-corrected chi connectivity index (χ0v) is 10.4. The summed E-state index contributed by atoms with van der Waals surface area (Å²) in [4.78, 5) is 21.7. The lowest BCUT2D eigenvalue weighted by Gasteiger charge is -2.21. The van der Waals surface area contributed by atoms with Crippen molar-refractivity contribution in [2.75, 3.05) is 25.6 Å². The van der Waals surface area contributed by atoms with E-state index in [0.29, 0.717) is 0 Å². The first kappa shape index (κ1) is 14.4.